The van der Waals surface area contributed by atoms with Crippen molar-refractivity contribution >= 4 is 70.1 Å². The third-order valence-corrected chi connectivity index (χ3v) is 8.47. The molecule has 18 nitrogen and oxygen atoms in total. The summed E-state index contributed by atoms with van der Waals surface area (Å²) >= 11 is 0. The number of aromatic nitrogens is 8. The standard InChI is InChI=1S/C34H32N14O4/c49-19-37-23-6-4-21(5-7-23)25-17-35-29-27(39-25)31(47-8-12-51-13-9-47)43-33(41-29)45-46-34-42-30-28(32(44-34)48-10-14-52-15-11-48)40-26(18-36-30)22-2-1-3-24(16-22)38-20-50/h1-7,16-20H,8-15H2,(H,37,49)(H,38,50)(H,35,41,43,45)(H,36,42,44,46). The fourth-order valence-electron chi connectivity index (χ4n) is 5.92. The molecule has 6 aromatic rings. The number of fused-ring (bicyclic) bond motifs is 2. The first kappa shape index (κ1) is 32.5. The number of ether oxygens (including phenoxy) is 2. The second-order valence-electron chi connectivity index (χ2n) is 11.7. The van der Waals surface area contributed by atoms with Crippen LogP contribution in [0, 0.1) is 0 Å². The zero-order chi connectivity index (χ0) is 35.3. The Kier molecular flexibility index (Phi) is 9.18. The molecule has 8 rings (SSSR count). The summed E-state index contributed by atoms with van der Waals surface area (Å²) < 4.78 is 11.2. The largest absolute Gasteiger partial charge is 0.378 e. The van der Waals surface area contributed by atoms with Gasteiger partial charge in [0.05, 0.1) is 50.2 Å². The molecule has 0 atom stereocenters. The maximum Gasteiger partial charge on any atom is 0.245 e. The second-order valence-corrected chi connectivity index (χ2v) is 11.7. The molecule has 18 heteroatoms. The predicted octanol–water partition coefficient (Wildman–Crippen LogP) is 2.74. The van der Waals surface area contributed by atoms with Crippen LogP contribution in [0.4, 0.5) is 34.9 Å². The van der Waals surface area contributed by atoms with Gasteiger partial charge < -0.3 is 29.9 Å². The number of amides is 2. The smallest absolute Gasteiger partial charge is 0.245 e. The van der Waals surface area contributed by atoms with E-state index in [1.807, 2.05) is 30.3 Å². The monoisotopic (exact) mass is 700 g/mol. The molecule has 6 heterocycles. The lowest BCUT2D eigenvalue weighted by Gasteiger charge is -2.29. The normalized spacial score (nSPS) is 14.6. The first-order valence-corrected chi connectivity index (χ1v) is 16.5. The lowest BCUT2D eigenvalue weighted by atomic mass is 10.1. The Morgan fingerprint density at radius 1 is 0.577 bits per heavy atom. The number of benzene rings is 2. The number of carbonyl (C=O) groups is 2. The highest BCUT2D eigenvalue weighted by molar-refractivity contribution is 5.88. The van der Waals surface area contributed by atoms with E-state index in [1.54, 1.807) is 30.6 Å². The molecule has 0 bridgehead atoms. The highest BCUT2D eigenvalue weighted by Crippen LogP contribution is 2.29. The molecule has 2 aliphatic rings. The van der Waals surface area contributed by atoms with Gasteiger partial charge >= 0.3 is 0 Å². The quantitative estimate of drug-likeness (QED) is 0.113. The Hall–Kier alpha value is -6.66. The van der Waals surface area contributed by atoms with E-state index >= 15 is 0 Å². The zero-order valence-electron chi connectivity index (χ0n) is 27.7. The average Bonchev–Trinajstić information content (AvgIpc) is 3.20. The molecule has 0 aliphatic carbocycles. The summed E-state index contributed by atoms with van der Waals surface area (Å²) in [5, 5.41) is 5.31. The first-order chi connectivity index (χ1) is 25.6. The lowest BCUT2D eigenvalue weighted by Crippen LogP contribution is -2.37. The Labute approximate surface area is 296 Å². The van der Waals surface area contributed by atoms with E-state index in [4.69, 9.17) is 29.4 Å². The van der Waals surface area contributed by atoms with Crippen molar-refractivity contribution in [1.82, 2.24) is 39.9 Å². The average molecular weight is 701 g/mol. The van der Waals surface area contributed by atoms with E-state index in [9.17, 15) is 9.59 Å². The Bertz CT molecular complexity index is 2250. The van der Waals surface area contributed by atoms with Crippen molar-refractivity contribution in [2.45, 2.75) is 0 Å². The van der Waals surface area contributed by atoms with Gasteiger partial charge in [-0.15, -0.1) is 0 Å². The predicted molar refractivity (Wildman–Crippen MR) is 194 cm³/mol. The van der Waals surface area contributed by atoms with Gasteiger partial charge in [0.15, 0.2) is 34.0 Å². The molecular weight excluding hydrogens is 668 g/mol. The molecule has 4 N–H and O–H groups in total. The summed E-state index contributed by atoms with van der Waals surface area (Å²) in [6.07, 6.45) is 4.56. The van der Waals surface area contributed by atoms with Crippen LogP contribution in [0.2, 0.25) is 0 Å². The highest BCUT2D eigenvalue weighted by atomic mass is 16.5. The van der Waals surface area contributed by atoms with Crippen LogP contribution in [0.5, 0.6) is 0 Å². The van der Waals surface area contributed by atoms with Crippen molar-refractivity contribution in [1.29, 1.82) is 0 Å². The SMILES string of the molecule is O=CNc1ccc(-c2cnc3nc(NNc4nc(N5CCOCC5)c5nc(-c6cccc(NC=O)c6)cnc5n4)nc(N4CCOCC4)c3n2)cc1. The van der Waals surface area contributed by atoms with Crippen molar-refractivity contribution < 1.29 is 19.1 Å². The van der Waals surface area contributed by atoms with Crippen molar-refractivity contribution in [3.05, 3.63) is 60.9 Å². The van der Waals surface area contributed by atoms with Crippen molar-refractivity contribution in [3.63, 3.8) is 0 Å². The maximum atomic E-state index is 11.0. The van der Waals surface area contributed by atoms with Crippen LogP contribution in [0.25, 0.3) is 44.8 Å². The fourth-order valence-corrected chi connectivity index (χ4v) is 5.92. The molecule has 0 radical (unpaired) electrons. The first-order valence-electron chi connectivity index (χ1n) is 16.5. The van der Waals surface area contributed by atoms with Gasteiger partial charge in [-0.05, 0) is 24.3 Å². The zero-order valence-corrected chi connectivity index (χ0v) is 27.7. The van der Waals surface area contributed by atoms with Gasteiger partial charge in [0.2, 0.25) is 24.7 Å². The number of hydrogen-bond acceptors (Lipinski definition) is 16. The minimum absolute atomic E-state index is 0.235. The van der Waals surface area contributed by atoms with Crippen LogP contribution >= 0.6 is 0 Å². The molecule has 52 heavy (non-hydrogen) atoms. The molecule has 4 aromatic heterocycles. The van der Waals surface area contributed by atoms with Gasteiger partial charge in [-0.1, -0.05) is 24.3 Å². The lowest BCUT2D eigenvalue weighted by molar-refractivity contribution is -0.106. The summed E-state index contributed by atoms with van der Waals surface area (Å²) in [6, 6.07) is 14.7. The van der Waals surface area contributed by atoms with Gasteiger partial charge in [-0.3, -0.25) is 20.4 Å². The minimum atomic E-state index is 0.235. The second kappa shape index (κ2) is 14.7. The Balaban J connectivity index is 1.12. The van der Waals surface area contributed by atoms with Gasteiger partial charge in [-0.2, -0.15) is 19.9 Å². The van der Waals surface area contributed by atoms with Crippen LogP contribution in [-0.4, -0.2) is 105 Å². The number of hydrazine groups is 1. The molecule has 2 saturated heterocycles. The van der Waals surface area contributed by atoms with Crippen molar-refractivity contribution in [2.75, 3.05) is 83.9 Å². The molecule has 2 aromatic carbocycles. The summed E-state index contributed by atoms with van der Waals surface area (Å²) in [4.78, 5) is 64.2. The van der Waals surface area contributed by atoms with Crippen molar-refractivity contribution in [3.8, 4) is 22.5 Å². The van der Waals surface area contributed by atoms with Gasteiger partial charge in [0.25, 0.3) is 0 Å². The third kappa shape index (κ3) is 6.87. The number of anilines is 6. The molecular formula is C34H32N14O4. The van der Waals surface area contributed by atoms with Gasteiger partial charge in [0.1, 0.15) is 0 Å². The van der Waals surface area contributed by atoms with Crippen LogP contribution in [0.15, 0.2) is 60.9 Å². The molecule has 262 valence electrons. The van der Waals surface area contributed by atoms with E-state index in [-0.39, 0.29) is 11.9 Å². The molecule has 2 aliphatic heterocycles. The number of rotatable bonds is 11. The molecule has 2 fully saturated rings. The minimum Gasteiger partial charge on any atom is -0.378 e. The number of carbonyl (C=O) groups excluding carboxylic acids is 2. The van der Waals surface area contributed by atoms with Crippen LogP contribution < -0.4 is 31.3 Å². The number of hydrogen-bond donors (Lipinski definition) is 4. The fraction of sp³-hybridized carbons (Fsp3) is 0.235. The van der Waals surface area contributed by atoms with E-state index < -0.39 is 0 Å². The number of morpholine rings is 2. The van der Waals surface area contributed by atoms with Crippen LogP contribution in [-0.2, 0) is 19.1 Å². The summed E-state index contributed by atoms with van der Waals surface area (Å²) in [5.41, 5.74) is 12.1. The molecule has 0 saturated carbocycles. The Morgan fingerprint density at radius 2 is 1.10 bits per heavy atom. The summed E-state index contributed by atoms with van der Waals surface area (Å²) in [5.74, 6) is 1.67. The molecule has 0 unspecified atom stereocenters. The van der Waals surface area contributed by atoms with Crippen molar-refractivity contribution in [2.24, 2.45) is 0 Å². The Morgan fingerprint density at radius 3 is 1.63 bits per heavy atom. The maximum absolute atomic E-state index is 11.0. The van der Waals surface area contributed by atoms with E-state index in [2.05, 4.69) is 51.2 Å². The topological polar surface area (TPSA) is 210 Å². The number of nitrogens with zero attached hydrogens (tertiary/aromatic N) is 10. The molecule has 2 amide bonds. The summed E-state index contributed by atoms with van der Waals surface area (Å²) in [6.45, 7) is 4.63. The molecule has 0 spiro atoms. The highest BCUT2D eigenvalue weighted by Gasteiger charge is 2.22. The number of nitrogens with one attached hydrogen (secondary N) is 4. The van der Waals surface area contributed by atoms with Crippen LogP contribution in [0.3, 0.4) is 0 Å². The van der Waals surface area contributed by atoms with Gasteiger partial charge in [0, 0.05) is 48.7 Å². The third-order valence-electron chi connectivity index (χ3n) is 8.47. The van der Waals surface area contributed by atoms with E-state index in [1.165, 1.54) is 0 Å². The van der Waals surface area contributed by atoms with Gasteiger partial charge in [-0.25, -0.2) is 19.9 Å². The van der Waals surface area contributed by atoms with Crippen LogP contribution in [0.1, 0.15) is 0 Å². The summed E-state index contributed by atoms with van der Waals surface area (Å²) in [7, 11) is 0. The van der Waals surface area contributed by atoms with E-state index in [0.717, 1.165) is 11.1 Å². The van der Waals surface area contributed by atoms with E-state index in [0.29, 0.717) is 122 Å².